The molecule has 1 atom stereocenters. The van der Waals surface area contributed by atoms with Crippen LogP contribution in [0.3, 0.4) is 0 Å². The third-order valence-corrected chi connectivity index (χ3v) is 6.29. The molecule has 0 radical (unpaired) electrons. The van der Waals surface area contributed by atoms with Crippen LogP contribution in [-0.4, -0.2) is 21.5 Å². The zero-order chi connectivity index (χ0) is 20.1. The molecule has 1 saturated carbocycles. The number of aromatic nitrogens is 2. The van der Waals surface area contributed by atoms with E-state index < -0.39 is 0 Å². The molecule has 30 heavy (non-hydrogen) atoms. The van der Waals surface area contributed by atoms with Crippen LogP contribution in [0.2, 0.25) is 0 Å². The van der Waals surface area contributed by atoms with Crippen molar-refractivity contribution in [3.05, 3.63) is 89.7 Å². The van der Waals surface area contributed by atoms with E-state index in [1.807, 2.05) is 24.3 Å². The Morgan fingerprint density at radius 1 is 0.900 bits per heavy atom. The molecule has 3 aromatic carbocycles. The lowest BCUT2D eigenvalue weighted by molar-refractivity contribution is 0.0951. The lowest BCUT2D eigenvalue weighted by Gasteiger charge is -2.15. The van der Waals surface area contributed by atoms with Gasteiger partial charge in [0, 0.05) is 18.0 Å². The number of fused-ring (bicyclic) bond motifs is 3. The summed E-state index contributed by atoms with van der Waals surface area (Å²) in [5.74, 6) is 1.20. The Bertz CT molecular complexity index is 1240. The highest BCUT2D eigenvalue weighted by Crippen LogP contribution is 2.36. The van der Waals surface area contributed by atoms with Crippen molar-refractivity contribution in [3.8, 4) is 11.1 Å². The first-order chi connectivity index (χ1) is 14.8. The van der Waals surface area contributed by atoms with Gasteiger partial charge in [-0.1, -0.05) is 48.5 Å². The maximum Gasteiger partial charge on any atom is 0.251 e. The summed E-state index contributed by atoms with van der Waals surface area (Å²) in [7, 11) is 0. The van der Waals surface area contributed by atoms with Crippen LogP contribution in [0.4, 0.5) is 0 Å². The minimum atomic E-state index is 0.0267. The molecule has 1 fully saturated rings. The fraction of sp³-hybridized carbons (Fsp3) is 0.231. The predicted molar refractivity (Wildman–Crippen MR) is 119 cm³/mol. The van der Waals surface area contributed by atoms with Crippen LogP contribution in [0.25, 0.3) is 22.2 Å². The summed E-state index contributed by atoms with van der Waals surface area (Å²) < 4.78 is 2.41. The molecular formula is C26H23N3O. The van der Waals surface area contributed by atoms with E-state index in [2.05, 4.69) is 58.4 Å². The summed E-state index contributed by atoms with van der Waals surface area (Å²) in [5, 5.41) is 3.05. The minimum absolute atomic E-state index is 0.0267. The lowest BCUT2D eigenvalue weighted by atomic mass is 10.0. The van der Waals surface area contributed by atoms with Crippen LogP contribution in [0.1, 0.15) is 47.1 Å². The van der Waals surface area contributed by atoms with Crippen LogP contribution in [0.15, 0.2) is 72.8 Å². The summed E-state index contributed by atoms with van der Waals surface area (Å²) in [5.41, 5.74) is 6.56. The molecule has 1 N–H and O–H groups in total. The van der Waals surface area contributed by atoms with Gasteiger partial charge in [0.15, 0.2) is 0 Å². The van der Waals surface area contributed by atoms with Gasteiger partial charge in [-0.15, -0.1) is 0 Å². The number of imidazole rings is 1. The smallest absolute Gasteiger partial charge is 0.251 e. The molecule has 1 amide bonds. The van der Waals surface area contributed by atoms with E-state index in [1.54, 1.807) is 0 Å². The second-order valence-corrected chi connectivity index (χ2v) is 8.39. The maximum atomic E-state index is 12.3. The zero-order valence-corrected chi connectivity index (χ0v) is 16.7. The van der Waals surface area contributed by atoms with Crippen molar-refractivity contribution in [2.24, 2.45) is 0 Å². The Balaban J connectivity index is 1.35. The number of nitrogens with zero attached hydrogens (tertiary/aromatic N) is 2. The molecule has 4 nitrogen and oxygen atoms in total. The van der Waals surface area contributed by atoms with E-state index >= 15 is 0 Å². The van der Waals surface area contributed by atoms with Gasteiger partial charge in [-0.05, 0) is 60.2 Å². The molecule has 0 bridgehead atoms. The van der Waals surface area contributed by atoms with Crippen LogP contribution in [0, 0.1) is 0 Å². The van der Waals surface area contributed by atoms with Gasteiger partial charge < -0.3 is 9.88 Å². The Labute approximate surface area is 175 Å². The number of carbonyl (C=O) groups excluding carboxylic acids is 1. The van der Waals surface area contributed by atoms with E-state index in [4.69, 9.17) is 4.98 Å². The Hall–Kier alpha value is -3.40. The van der Waals surface area contributed by atoms with Crippen LogP contribution >= 0.6 is 0 Å². The number of amides is 1. The fourth-order valence-corrected chi connectivity index (χ4v) is 4.54. The van der Waals surface area contributed by atoms with Crippen molar-refractivity contribution in [2.75, 3.05) is 0 Å². The molecule has 6 rings (SSSR count). The molecule has 1 aliphatic carbocycles. The molecule has 2 aliphatic rings. The summed E-state index contributed by atoms with van der Waals surface area (Å²) in [4.78, 5) is 17.1. The van der Waals surface area contributed by atoms with Gasteiger partial charge in [-0.3, -0.25) is 4.79 Å². The second-order valence-electron chi connectivity index (χ2n) is 8.39. The van der Waals surface area contributed by atoms with E-state index in [0.29, 0.717) is 12.1 Å². The number of hydrogen-bond acceptors (Lipinski definition) is 2. The highest BCUT2D eigenvalue weighted by Gasteiger charge is 2.27. The molecule has 1 unspecified atom stereocenters. The average molecular weight is 393 g/mol. The van der Waals surface area contributed by atoms with Gasteiger partial charge in [0.2, 0.25) is 0 Å². The second kappa shape index (κ2) is 6.84. The number of rotatable bonds is 4. The third-order valence-electron chi connectivity index (χ3n) is 6.29. The zero-order valence-electron chi connectivity index (χ0n) is 16.7. The molecule has 148 valence electrons. The van der Waals surface area contributed by atoms with Crippen molar-refractivity contribution in [2.45, 2.75) is 37.8 Å². The minimum Gasteiger partial charge on any atom is -0.349 e. The molecule has 0 spiro atoms. The predicted octanol–water partition coefficient (Wildman–Crippen LogP) is 5.13. The molecule has 2 heterocycles. The first-order valence-electron chi connectivity index (χ1n) is 10.7. The van der Waals surface area contributed by atoms with Crippen LogP contribution in [-0.2, 0) is 6.42 Å². The van der Waals surface area contributed by atoms with Crippen LogP contribution in [0.5, 0.6) is 0 Å². The highest BCUT2D eigenvalue weighted by atomic mass is 16.1. The number of hydrogen-bond donors (Lipinski definition) is 1. The number of aryl methyl sites for hydroxylation is 1. The van der Waals surface area contributed by atoms with Gasteiger partial charge in [0.25, 0.3) is 5.91 Å². The van der Waals surface area contributed by atoms with E-state index in [0.717, 1.165) is 47.9 Å². The molecular weight excluding hydrogens is 370 g/mol. The first-order valence-corrected chi connectivity index (χ1v) is 10.7. The summed E-state index contributed by atoms with van der Waals surface area (Å²) in [6.07, 6.45) is 4.30. The molecule has 1 aromatic heterocycles. The topological polar surface area (TPSA) is 46.9 Å². The van der Waals surface area contributed by atoms with Crippen molar-refractivity contribution < 1.29 is 4.79 Å². The SMILES string of the molecule is O=C(NC1CC1)c1ccc(-c2ccc3nc4n(c3c2)C(c2ccccc2)CC4)cc1. The van der Waals surface area contributed by atoms with Crippen molar-refractivity contribution in [3.63, 3.8) is 0 Å². The first kappa shape index (κ1) is 17.5. The van der Waals surface area contributed by atoms with Gasteiger partial charge in [-0.25, -0.2) is 4.98 Å². The van der Waals surface area contributed by atoms with E-state index in [-0.39, 0.29) is 5.91 Å². The lowest BCUT2D eigenvalue weighted by Crippen LogP contribution is -2.25. The monoisotopic (exact) mass is 393 g/mol. The largest absolute Gasteiger partial charge is 0.349 e. The summed E-state index contributed by atoms with van der Waals surface area (Å²) >= 11 is 0. The summed E-state index contributed by atoms with van der Waals surface area (Å²) in [6, 6.07) is 25.8. The van der Waals surface area contributed by atoms with Crippen LogP contribution < -0.4 is 5.32 Å². The van der Waals surface area contributed by atoms with Crippen molar-refractivity contribution in [1.29, 1.82) is 0 Å². The van der Waals surface area contributed by atoms with Crippen molar-refractivity contribution >= 4 is 16.9 Å². The Kier molecular flexibility index (Phi) is 3.98. The van der Waals surface area contributed by atoms with E-state index in [1.165, 1.54) is 16.9 Å². The molecule has 0 saturated heterocycles. The number of nitrogens with one attached hydrogen (secondary N) is 1. The maximum absolute atomic E-state index is 12.3. The van der Waals surface area contributed by atoms with Gasteiger partial charge in [-0.2, -0.15) is 0 Å². The third kappa shape index (κ3) is 3.00. The average Bonchev–Trinajstić information content (AvgIpc) is 3.39. The van der Waals surface area contributed by atoms with Gasteiger partial charge in [0.05, 0.1) is 17.1 Å². The summed E-state index contributed by atoms with van der Waals surface area (Å²) in [6.45, 7) is 0. The Morgan fingerprint density at radius 2 is 1.67 bits per heavy atom. The Morgan fingerprint density at radius 3 is 2.43 bits per heavy atom. The normalized spacial score (nSPS) is 17.8. The van der Waals surface area contributed by atoms with E-state index in [9.17, 15) is 4.79 Å². The fourth-order valence-electron chi connectivity index (χ4n) is 4.54. The van der Waals surface area contributed by atoms with Crippen molar-refractivity contribution in [1.82, 2.24) is 14.9 Å². The quantitative estimate of drug-likeness (QED) is 0.522. The number of carbonyl (C=O) groups is 1. The number of benzene rings is 3. The molecule has 4 aromatic rings. The molecule has 4 heteroatoms. The van der Waals surface area contributed by atoms with Gasteiger partial charge in [0.1, 0.15) is 5.82 Å². The van der Waals surface area contributed by atoms with Gasteiger partial charge >= 0.3 is 0 Å². The highest BCUT2D eigenvalue weighted by molar-refractivity contribution is 5.95. The molecule has 1 aliphatic heterocycles. The standard InChI is InChI=1S/C26H23N3O/c30-26(27-21-11-12-21)19-8-6-17(7-9-19)20-10-13-22-24(16-20)29-23(14-15-25(29)28-22)18-4-2-1-3-5-18/h1-10,13,16,21,23H,11-12,14-15H2,(H,27,30).